The van der Waals surface area contributed by atoms with Crippen LogP contribution in [0.2, 0.25) is 0 Å². The summed E-state index contributed by atoms with van der Waals surface area (Å²) in [5, 5.41) is 7.30. The quantitative estimate of drug-likeness (QED) is 0.172. The zero-order valence-electron chi connectivity index (χ0n) is 29.9. The first-order valence-corrected chi connectivity index (χ1v) is 18.7. The van der Waals surface area contributed by atoms with E-state index in [-0.39, 0.29) is 0 Å². The van der Waals surface area contributed by atoms with E-state index in [1.54, 1.807) is 0 Å². The summed E-state index contributed by atoms with van der Waals surface area (Å²) in [4.78, 5) is 6.97. The number of rotatable bonds is 6. The van der Waals surface area contributed by atoms with Gasteiger partial charge in [0.1, 0.15) is 0 Å². The molecule has 258 valence electrons. The minimum Gasteiger partial charge on any atom is -0.309 e. The lowest BCUT2D eigenvalue weighted by Gasteiger charge is -2.28. The molecule has 0 atom stereocenters. The molecule has 0 fully saturated rings. The maximum Gasteiger partial charge on any atom is 0.0645 e. The summed E-state index contributed by atoms with van der Waals surface area (Å²) in [7, 11) is 0. The van der Waals surface area contributed by atoms with Gasteiger partial charge in [-0.25, -0.2) is 0 Å². The molecule has 3 aromatic heterocycles. The molecule has 4 heteroatoms. The normalized spacial score (nSPS) is 11.6. The van der Waals surface area contributed by atoms with E-state index in [2.05, 4.69) is 207 Å². The van der Waals surface area contributed by atoms with Gasteiger partial charge in [-0.15, -0.1) is 0 Å². The number of hydrogen-bond donors (Lipinski definition) is 0. The molecule has 0 spiro atoms. The second-order valence-electron chi connectivity index (χ2n) is 14.1. The molecule has 0 amide bonds. The van der Waals surface area contributed by atoms with E-state index in [4.69, 9.17) is 0 Å². The molecular formula is C51H34N4. The molecule has 11 rings (SSSR count). The highest BCUT2D eigenvalue weighted by molar-refractivity contribution is 6.11. The Kier molecular flexibility index (Phi) is 7.14. The standard InChI is InChI=1S/C51H34N4/c1-2-16-38(17-3-1)54-48-23-9-8-22-45(48)46-28-27-36(32-51(46)54)37-30-40(33-41(31-37)55-49-24-10-6-20-43(49)44-21-7-11-25-50(44)55)53(39-18-13-29-52-34-39)47-26-12-15-35-14-4-5-19-42(35)47/h1-34H. The number of aromatic nitrogens is 3. The van der Waals surface area contributed by atoms with Gasteiger partial charge in [0.25, 0.3) is 0 Å². The lowest BCUT2D eigenvalue weighted by molar-refractivity contribution is 1.17. The third-order valence-corrected chi connectivity index (χ3v) is 10.9. The second-order valence-corrected chi connectivity index (χ2v) is 14.1. The average molecular weight is 703 g/mol. The lowest BCUT2D eigenvalue weighted by atomic mass is 10.0. The van der Waals surface area contributed by atoms with Crippen molar-refractivity contribution >= 4 is 71.4 Å². The van der Waals surface area contributed by atoms with Gasteiger partial charge in [-0.1, -0.05) is 121 Å². The van der Waals surface area contributed by atoms with Gasteiger partial charge in [0.05, 0.1) is 39.6 Å². The number of benzene rings is 8. The van der Waals surface area contributed by atoms with E-state index < -0.39 is 0 Å². The van der Waals surface area contributed by atoms with Crippen molar-refractivity contribution in [1.29, 1.82) is 0 Å². The van der Waals surface area contributed by atoms with Gasteiger partial charge >= 0.3 is 0 Å². The fourth-order valence-electron chi connectivity index (χ4n) is 8.54. The third-order valence-electron chi connectivity index (χ3n) is 10.9. The van der Waals surface area contributed by atoms with Gasteiger partial charge in [0.2, 0.25) is 0 Å². The van der Waals surface area contributed by atoms with Gasteiger partial charge in [0.15, 0.2) is 0 Å². The van der Waals surface area contributed by atoms with Crippen molar-refractivity contribution in [3.8, 4) is 22.5 Å². The molecule has 0 aliphatic rings. The van der Waals surface area contributed by atoms with E-state index in [0.29, 0.717) is 0 Å². The number of anilines is 3. The molecule has 0 bridgehead atoms. The maximum absolute atomic E-state index is 4.62. The van der Waals surface area contributed by atoms with Crippen LogP contribution in [0, 0.1) is 0 Å². The van der Waals surface area contributed by atoms with Gasteiger partial charge in [-0.2, -0.15) is 0 Å². The summed E-state index contributed by atoms with van der Waals surface area (Å²) < 4.78 is 4.81. The summed E-state index contributed by atoms with van der Waals surface area (Å²) in [6, 6.07) is 70.1. The van der Waals surface area contributed by atoms with Crippen LogP contribution in [0.3, 0.4) is 0 Å². The van der Waals surface area contributed by atoms with Crippen molar-refractivity contribution < 1.29 is 0 Å². The number of fused-ring (bicyclic) bond motifs is 7. The van der Waals surface area contributed by atoms with Gasteiger partial charge < -0.3 is 14.0 Å². The topological polar surface area (TPSA) is 26.0 Å². The Labute approximate surface area is 318 Å². The number of nitrogens with zero attached hydrogens (tertiary/aromatic N) is 4. The first-order valence-electron chi connectivity index (χ1n) is 18.7. The summed E-state index contributed by atoms with van der Waals surface area (Å²) in [5.74, 6) is 0. The van der Waals surface area contributed by atoms with E-state index >= 15 is 0 Å². The van der Waals surface area contributed by atoms with E-state index in [0.717, 1.165) is 39.6 Å². The van der Waals surface area contributed by atoms with Crippen LogP contribution < -0.4 is 4.90 Å². The predicted octanol–water partition coefficient (Wildman–Crippen LogP) is 13.6. The molecule has 3 heterocycles. The fraction of sp³-hybridized carbons (Fsp3) is 0. The number of para-hydroxylation sites is 4. The van der Waals surface area contributed by atoms with E-state index in [9.17, 15) is 0 Å². The average Bonchev–Trinajstić information content (AvgIpc) is 3.77. The Morgan fingerprint density at radius 1 is 0.364 bits per heavy atom. The molecule has 0 N–H and O–H groups in total. The minimum atomic E-state index is 0.990. The van der Waals surface area contributed by atoms with Crippen LogP contribution in [0.1, 0.15) is 0 Å². The monoisotopic (exact) mass is 702 g/mol. The molecule has 8 aromatic carbocycles. The van der Waals surface area contributed by atoms with Crippen molar-refractivity contribution in [2.24, 2.45) is 0 Å². The highest BCUT2D eigenvalue weighted by Crippen LogP contribution is 2.43. The minimum absolute atomic E-state index is 0.990. The first-order chi connectivity index (χ1) is 27.3. The van der Waals surface area contributed by atoms with Crippen LogP contribution in [-0.2, 0) is 0 Å². The fourth-order valence-corrected chi connectivity index (χ4v) is 8.54. The van der Waals surface area contributed by atoms with Gasteiger partial charge in [-0.05, 0) is 89.3 Å². The van der Waals surface area contributed by atoms with Crippen LogP contribution in [0.15, 0.2) is 207 Å². The number of pyridine rings is 1. The van der Waals surface area contributed by atoms with Crippen LogP contribution in [0.25, 0.3) is 76.9 Å². The molecule has 4 nitrogen and oxygen atoms in total. The SMILES string of the molecule is c1ccc(-n2c3ccccc3c3ccc(-c4cc(N(c5cccnc5)c5cccc6ccccc56)cc(-n5c6ccccc6c6ccccc65)c4)cc32)cc1. The van der Waals surface area contributed by atoms with Crippen molar-refractivity contribution in [2.45, 2.75) is 0 Å². The first kappa shape index (κ1) is 31.1. The summed E-state index contributed by atoms with van der Waals surface area (Å²) >= 11 is 0. The van der Waals surface area contributed by atoms with Crippen molar-refractivity contribution in [3.63, 3.8) is 0 Å². The Bertz CT molecular complexity index is 3150. The molecule has 0 aliphatic carbocycles. The van der Waals surface area contributed by atoms with Gasteiger partial charge in [-0.3, -0.25) is 4.98 Å². The summed E-state index contributed by atoms with van der Waals surface area (Å²) in [6.07, 6.45) is 3.80. The van der Waals surface area contributed by atoms with Crippen LogP contribution in [0.5, 0.6) is 0 Å². The summed E-state index contributed by atoms with van der Waals surface area (Å²) in [5.41, 5.74) is 12.3. The Hall–Kier alpha value is -7.43. The van der Waals surface area contributed by atoms with Gasteiger partial charge in [0, 0.05) is 50.2 Å². The predicted molar refractivity (Wildman–Crippen MR) is 231 cm³/mol. The van der Waals surface area contributed by atoms with E-state index in [1.165, 1.54) is 54.4 Å². The largest absolute Gasteiger partial charge is 0.309 e. The van der Waals surface area contributed by atoms with Crippen molar-refractivity contribution in [1.82, 2.24) is 14.1 Å². The van der Waals surface area contributed by atoms with Crippen molar-refractivity contribution in [2.75, 3.05) is 4.90 Å². The molecule has 0 unspecified atom stereocenters. The lowest BCUT2D eigenvalue weighted by Crippen LogP contribution is -2.11. The van der Waals surface area contributed by atoms with Crippen LogP contribution in [0.4, 0.5) is 17.1 Å². The maximum atomic E-state index is 4.62. The molecule has 0 aliphatic heterocycles. The molecule has 11 aromatic rings. The third kappa shape index (κ3) is 5.03. The Balaban J connectivity index is 1.23. The zero-order valence-corrected chi connectivity index (χ0v) is 29.9. The van der Waals surface area contributed by atoms with Crippen LogP contribution in [-0.4, -0.2) is 14.1 Å². The highest BCUT2D eigenvalue weighted by atomic mass is 15.2. The van der Waals surface area contributed by atoms with Crippen molar-refractivity contribution in [3.05, 3.63) is 207 Å². The molecule has 0 radical (unpaired) electrons. The Morgan fingerprint density at radius 3 is 1.65 bits per heavy atom. The zero-order chi connectivity index (χ0) is 36.3. The molecular weight excluding hydrogens is 669 g/mol. The molecule has 0 saturated carbocycles. The van der Waals surface area contributed by atoms with Crippen LogP contribution >= 0.6 is 0 Å². The number of hydrogen-bond acceptors (Lipinski definition) is 2. The summed E-state index contributed by atoms with van der Waals surface area (Å²) in [6.45, 7) is 0. The molecule has 0 saturated heterocycles. The Morgan fingerprint density at radius 2 is 0.964 bits per heavy atom. The molecule has 55 heavy (non-hydrogen) atoms. The second kappa shape index (κ2) is 12.6. The smallest absolute Gasteiger partial charge is 0.0645 e. The highest BCUT2D eigenvalue weighted by Gasteiger charge is 2.21. The van der Waals surface area contributed by atoms with E-state index in [1.807, 2.05) is 18.5 Å².